The molecule has 1 fully saturated rings. The second-order valence-electron chi connectivity index (χ2n) is 9.06. The fourth-order valence-corrected chi connectivity index (χ4v) is 4.58. The third-order valence-electron chi connectivity index (χ3n) is 6.43. The van der Waals surface area contributed by atoms with Crippen molar-refractivity contribution >= 4 is 5.91 Å². The van der Waals surface area contributed by atoms with Crippen molar-refractivity contribution in [2.45, 2.75) is 58.7 Å². The Hall–Kier alpha value is -3.23. The normalized spacial score (nSPS) is 18.8. The minimum atomic E-state index is -4.40. The number of aryl methyl sites for hydroxylation is 3. The lowest BCUT2D eigenvalue weighted by Crippen LogP contribution is -2.48. The summed E-state index contributed by atoms with van der Waals surface area (Å²) in [4.78, 5) is 21.2. The van der Waals surface area contributed by atoms with Gasteiger partial charge in [-0.05, 0) is 69.7 Å². The first-order valence-corrected chi connectivity index (χ1v) is 11.5. The number of rotatable bonds is 5. The van der Waals surface area contributed by atoms with E-state index >= 15 is 0 Å². The molecule has 180 valence electrons. The van der Waals surface area contributed by atoms with Crippen LogP contribution in [0.25, 0.3) is 5.69 Å². The van der Waals surface area contributed by atoms with E-state index in [1.165, 1.54) is 10.9 Å². The van der Waals surface area contributed by atoms with Crippen LogP contribution in [0.15, 0.2) is 42.7 Å². The van der Waals surface area contributed by atoms with E-state index in [1.54, 1.807) is 6.20 Å². The number of carbonyl (C=O) groups is 1. The highest BCUT2D eigenvalue weighted by molar-refractivity contribution is 5.98. The Morgan fingerprint density at radius 1 is 1.15 bits per heavy atom. The molecule has 2 aromatic heterocycles. The van der Waals surface area contributed by atoms with E-state index in [0.717, 1.165) is 36.4 Å². The number of alkyl halides is 3. The van der Waals surface area contributed by atoms with Crippen molar-refractivity contribution in [3.05, 3.63) is 70.8 Å². The van der Waals surface area contributed by atoms with E-state index in [2.05, 4.69) is 22.1 Å². The highest BCUT2D eigenvalue weighted by Gasteiger charge is 2.34. The highest BCUT2D eigenvalue weighted by Crippen LogP contribution is 2.31. The summed E-state index contributed by atoms with van der Waals surface area (Å²) in [6, 6.07) is 8.10. The molecule has 0 unspecified atom stereocenters. The summed E-state index contributed by atoms with van der Waals surface area (Å²) in [5.74, 6) is 0.191. The Balaban J connectivity index is 1.57. The first kappa shape index (κ1) is 23.9. The molecule has 4 rings (SSSR count). The summed E-state index contributed by atoms with van der Waals surface area (Å²) in [6.07, 6.45) is 1.15. The van der Waals surface area contributed by atoms with Crippen molar-refractivity contribution in [2.75, 3.05) is 6.54 Å². The van der Waals surface area contributed by atoms with Gasteiger partial charge in [0.05, 0.1) is 28.7 Å². The summed E-state index contributed by atoms with van der Waals surface area (Å²) in [7, 11) is 0. The Labute approximate surface area is 196 Å². The number of benzene rings is 1. The molecule has 2 atom stereocenters. The van der Waals surface area contributed by atoms with Crippen LogP contribution < -0.4 is 0 Å². The van der Waals surface area contributed by atoms with Crippen molar-refractivity contribution in [1.82, 2.24) is 24.9 Å². The Kier molecular flexibility index (Phi) is 6.72. The summed E-state index contributed by atoms with van der Waals surface area (Å²) in [5, 5.41) is 8.66. The van der Waals surface area contributed by atoms with Gasteiger partial charge in [0.25, 0.3) is 5.91 Å². The summed E-state index contributed by atoms with van der Waals surface area (Å²) >= 11 is 0. The number of carbonyl (C=O) groups excluding carboxylic acids is 1. The first-order chi connectivity index (χ1) is 16.1. The second kappa shape index (κ2) is 9.56. The standard InChI is InChI=1S/C25H28F3N5O/c1-16-6-10-23(33-30-14-18(3)31-33)21(13-16)24(34)32-12-4-5-17(2)22(32)11-9-20-8-7-19(15-29-20)25(26,27)28/h6-8,10,13-15,17,22H,4-5,9,11-12H2,1-3H3/t17-,22-/m1/s1. The number of aromatic nitrogens is 4. The van der Waals surface area contributed by atoms with Gasteiger partial charge in [-0.2, -0.15) is 28.2 Å². The molecule has 0 spiro atoms. The SMILES string of the molecule is Cc1ccc(-n2ncc(C)n2)c(C(=O)N2CCC[C@@H](C)[C@H]2CCc2ccc(C(F)(F)F)cn2)c1. The van der Waals surface area contributed by atoms with Crippen LogP contribution in [0.3, 0.4) is 0 Å². The minimum absolute atomic E-state index is 0.0361. The number of hydrogen-bond donors (Lipinski definition) is 0. The van der Waals surface area contributed by atoms with Crippen LogP contribution >= 0.6 is 0 Å². The molecule has 1 aliphatic rings. The molecule has 0 N–H and O–H groups in total. The molecular formula is C25H28F3N5O. The van der Waals surface area contributed by atoms with Gasteiger partial charge in [0.2, 0.25) is 0 Å². The van der Waals surface area contributed by atoms with E-state index in [4.69, 9.17) is 0 Å². The van der Waals surface area contributed by atoms with Gasteiger partial charge in [0.1, 0.15) is 0 Å². The van der Waals surface area contributed by atoms with Crippen LogP contribution in [0, 0.1) is 19.8 Å². The zero-order chi connectivity index (χ0) is 24.5. The fourth-order valence-electron chi connectivity index (χ4n) is 4.58. The van der Waals surface area contributed by atoms with Gasteiger partial charge in [-0.3, -0.25) is 9.78 Å². The molecule has 9 heteroatoms. The van der Waals surface area contributed by atoms with Crippen molar-refractivity contribution in [3.8, 4) is 5.69 Å². The smallest absolute Gasteiger partial charge is 0.335 e. The maximum absolute atomic E-state index is 13.8. The molecule has 3 heterocycles. The molecule has 1 aromatic carbocycles. The molecule has 0 aliphatic carbocycles. The Morgan fingerprint density at radius 2 is 1.94 bits per heavy atom. The molecule has 0 radical (unpaired) electrons. The van der Waals surface area contributed by atoms with Crippen LogP contribution in [-0.2, 0) is 12.6 Å². The number of likely N-dealkylation sites (tertiary alicyclic amines) is 1. The maximum Gasteiger partial charge on any atom is 0.417 e. The van der Waals surface area contributed by atoms with Crippen LogP contribution in [0.2, 0.25) is 0 Å². The average Bonchev–Trinajstić information content (AvgIpc) is 3.23. The lowest BCUT2D eigenvalue weighted by atomic mass is 9.86. The highest BCUT2D eigenvalue weighted by atomic mass is 19.4. The third kappa shape index (κ3) is 5.13. The van der Waals surface area contributed by atoms with Crippen molar-refractivity contribution in [3.63, 3.8) is 0 Å². The van der Waals surface area contributed by atoms with Gasteiger partial charge in [-0.25, -0.2) is 0 Å². The average molecular weight is 472 g/mol. The van der Waals surface area contributed by atoms with Gasteiger partial charge in [-0.15, -0.1) is 0 Å². The predicted molar refractivity (Wildman–Crippen MR) is 122 cm³/mol. The van der Waals surface area contributed by atoms with Crippen LogP contribution in [0.4, 0.5) is 13.2 Å². The topological polar surface area (TPSA) is 63.9 Å². The van der Waals surface area contributed by atoms with Crippen LogP contribution in [-0.4, -0.2) is 43.4 Å². The summed E-state index contributed by atoms with van der Waals surface area (Å²) in [5.41, 5.74) is 2.73. The molecule has 0 bridgehead atoms. The van der Waals surface area contributed by atoms with Crippen LogP contribution in [0.5, 0.6) is 0 Å². The van der Waals surface area contributed by atoms with E-state index in [-0.39, 0.29) is 17.9 Å². The lowest BCUT2D eigenvalue weighted by Gasteiger charge is -2.40. The lowest BCUT2D eigenvalue weighted by molar-refractivity contribution is -0.137. The Morgan fingerprint density at radius 3 is 2.59 bits per heavy atom. The molecule has 6 nitrogen and oxygen atoms in total. The van der Waals surface area contributed by atoms with Crippen molar-refractivity contribution < 1.29 is 18.0 Å². The number of piperidine rings is 1. The molecule has 3 aromatic rings. The summed E-state index contributed by atoms with van der Waals surface area (Å²) in [6.45, 7) is 6.54. The second-order valence-corrected chi connectivity index (χ2v) is 9.06. The number of hydrogen-bond acceptors (Lipinski definition) is 4. The quantitative estimate of drug-likeness (QED) is 0.515. The largest absolute Gasteiger partial charge is 0.417 e. The molecule has 1 amide bonds. The van der Waals surface area contributed by atoms with E-state index in [0.29, 0.717) is 36.3 Å². The molecular weight excluding hydrogens is 443 g/mol. The van der Waals surface area contributed by atoms with Crippen molar-refractivity contribution in [2.24, 2.45) is 5.92 Å². The zero-order valence-electron chi connectivity index (χ0n) is 19.5. The van der Waals surface area contributed by atoms with Crippen LogP contribution in [0.1, 0.15) is 59.1 Å². The monoisotopic (exact) mass is 471 g/mol. The Bertz CT molecular complexity index is 1160. The number of halogens is 3. The minimum Gasteiger partial charge on any atom is -0.335 e. The van der Waals surface area contributed by atoms with Gasteiger partial charge >= 0.3 is 6.18 Å². The third-order valence-corrected chi connectivity index (χ3v) is 6.43. The predicted octanol–water partition coefficient (Wildman–Crippen LogP) is 5.17. The molecule has 1 saturated heterocycles. The number of nitrogens with zero attached hydrogens (tertiary/aromatic N) is 5. The first-order valence-electron chi connectivity index (χ1n) is 11.5. The van der Waals surface area contributed by atoms with E-state index in [1.807, 2.05) is 36.9 Å². The van der Waals surface area contributed by atoms with Gasteiger partial charge in [-0.1, -0.05) is 18.6 Å². The molecule has 0 saturated carbocycles. The molecule has 1 aliphatic heterocycles. The maximum atomic E-state index is 13.8. The van der Waals surface area contributed by atoms with Gasteiger partial charge < -0.3 is 4.90 Å². The van der Waals surface area contributed by atoms with Gasteiger partial charge in [0, 0.05) is 24.5 Å². The van der Waals surface area contributed by atoms with E-state index < -0.39 is 11.7 Å². The number of pyridine rings is 1. The van der Waals surface area contributed by atoms with Gasteiger partial charge in [0.15, 0.2) is 0 Å². The number of amides is 1. The fraction of sp³-hybridized carbons (Fsp3) is 0.440. The zero-order valence-corrected chi connectivity index (χ0v) is 19.5. The van der Waals surface area contributed by atoms with Crippen molar-refractivity contribution in [1.29, 1.82) is 0 Å². The van der Waals surface area contributed by atoms with E-state index in [9.17, 15) is 18.0 Å². The molecule has 34 heavy (non-hydrogen) atoms. The summed E-state index contributed by atoms with van der Waals surface area (Å²) < 4.78 is 38.5.